The van der Waals surface area contributed by atoms with Crippen LogP contribution in [0.5, 0.6) is 5.75 Å². The maximum atomic E-state index is 12.5. The second-order valence-corrected chi connectivity index (χ2v) is 10.3. The first-order chi connectivity index (χ1) is 18.3. The Balaban J connectivity index is 1.39. The maximum Gasteiger partial charge on any atom is 0.333 e. The van der Waals surface area contributed by atoms with E-state index in [-0.39, 0.29) is 5.78 Å². The summed E-state index contributed by atoms with van der Waals surface area (Å²) in [4.78, 5) is 30.7. The van der Waals surface area contributed by atoms with Crippen molar-refractivity contribution >= 4 is 23.1 Å². The molecular formula is C31H30N2O4S. The van der Waals surface area contributed by atoms with E-state index >= 15 is 0 Å². The van der Waals surface area contributed by atoms with Gasteiger partial charge in [0.2, 0.25) is 0 Å². The van der Waals surface area contributed by atoms with Gasteiger partial charge in [-0.15, -0.1) is 11.3 Å². The molecule has 0 radical (unpaired) electrons. The van der Waals surface area contributed by atoms with E-state index in [4.69, 9.17) is 9.72 Å². The zero-order chi connectivity index (χ0) is 27.1. The van der Waals surface area contributed by atoms with E-state index in [2.05, 4.69) is 24.4 Å². The summed E-state index contributed by atoms with van der Waals surface area (Å²) in [6.45, 7) is 5.78. The number of allylic oxidation sites excluding steroid dienone is 2. The molecule has 0 aliphatic rings. The largest absolute Gasteiger partial charge is 0.493 e. The molecular weight excluding hydrogens is 496 g/mol. The standard InChI is InChI=1S/C31H30N2O4S/c1-21(20-28(34)23-10-6-4-7-11-23)33-31(3,30(35)36)25-14-16-26(17-15-25)37-19-18-27-22(2)38-29(32-27)24-12-8-5-9-13-24/h4-17,20,33H,18-19H2,1-3H3,(H,35,36)/t31-/m0/s1. The van der Waals surface area contributed by atoms with Crippen LogP contribution in [0.15, 0.2) is 96.7 Å². The molecule has 0 unspecified atom stereocenters. The number of carbonyl (C=O) groups excluding carboxylic acids is 1. The number of carboxylic acid groups (broad SMARTS) is 1. The van der Waals surface area contributed by atoms with Crippen LogP contribution in [0.4, 0.5) is 0 Å². The summed E-state index contributed by atoms with van der Waals surface area (Å²) in [6, 6.07) is 25.9. The van der Waals surface area contributed by atoms with Crippen LogP contribution in [0.3, 0.4) is 0 Å². The molecule has 1 heterocycles. The molecule has 0 fully saturated rings. The van der Waals surface area contributed by atoms with Crippen LogP contribution in [-0.4, -0.2) is 28.4 Å². The van der Waals surface area contributed by atoms with Crippen LogP contribution in [0.1, 0.15) is 40.3 Å². The average molecular weight is 527 g/mol. The Bertz CT molecular complexity index is 1430. The highest BCUT2D eigenvalue weighted by molar-refractivity contribution is 7.15. The van der Waals surface area contributed by atoms with Crippen molar-refractivity contribution in [3.8, 4) is 16.3 Å². The molecule has 0 saturated carbocycles. The number of rotatable bonds is 11. The van der Waals surface area contributed by atoms with Gasteiger partial charge in [-0.3, -0.25) is 4.79 Å². The number of carbonyl (C=O) groups is 2. The van der Waals surface area contributed by atoms with Crippen LogP contribution in [0.2, 0.25) is 0 Å². The van der Waals surface area contributed by atoms with Crippen LogP contribution < -0.4 is 10.1 Å². The predicted molar refractivity (Wildman–Crippen MR) is 151 cm³/mol. The summed E-state index contributed by atoms with van der Waals surface area (Å²) >= 11 is 1.67. The van der Waals surface area contributed by atoms with Crippen LogP contribution in [0.25, 0.3) is 10.6 Å². The summed E-state index contributed by atoms with van der Waals surface area (Å²) in [6.07, 6.45) is 2.09. The number of aromatic nitrogens is 1. The van der Waals surface area contributed by atoms with Gasteiger partial charge in [0.15, 0.2) is 11.3 Å². The molecule has 3 aromatic carbocycles. The molecule has 2 N–H and O–H groups in total. The van der Waals surface area contributed by atoms with Gasteiger partial charge in [0.05, 0.1) is 12.3 Å². The lowest BCUT2D eigenvalue weighted by molar-refractivity contribution is -0.144. The number of ketones is 1. The second kappa shape index (κ2) is 11.9. The third kappa shape index (κ3) is 6.36. The van der Waals surface area contributed by atoms with E-state index in [1.54, 1.807) is 73.7 Å². The number of thiazole rings is 1. The van der Waals surface area contributed by atoms with Gasteiger partial charge in [-0.2, -0.15) is 0 Å². The second-order valence-electron chi connectivity index (χ2n) is 9.12. The summed E-state index contributed by atoms with van der Waals surface area (Å²) in [5.74, 6) is -0.609. The number of nitrogens with zero attached hydrogens (tertiary/aromatic N) is 1. The molecule has 1 aromatic heterocycles. The first kappa shape index (κ1) is 26.8. The van der Waals surface area contributed by atoms with Crippen LogP contribution >= 0.6 is 11.3 Å². The molecule has 6 nitrogen and oxygen atoms in total. The van der Waals surface area contributed by atoms with Crippen molar-refractivity contribution in [3.05, 3.63) is 118 Å². The average Bonchev–Trinajstić information content (AvgIpc) is 3.30. The highest BCUT2D eigenvalue weighted by atomic mass is 32.1. The van der Waals surface area contributed by atoms with Gasteiger partial charge in [-0.05, 0) is 38.5 Å². The molecule has 4 rings (SSSR count). The van der Waals surface area contributed by atoms with Gasteiger partial charge in [-0.1, -0.05) is 72.8 Å². The Morgan fingerprint density at radius 3 is 2.26 bits per heavy atom. The number of nitrogens with one attached hydrogen (secondary N) is 1. The molecule has 0 bridgehead atoms. The van der Waals surface area contributed by atoms with Gasteiger partial charge in [0.25, 0.3) is 0 Å². The number of aliphatic carboxylic acids is 1. The molecule has 194 valence electrons. The predicted octanol–water partition coefficient (Wildman–Crippen LogP) is 6.42. The molecule has 0 aliphatic carbocycles. The molecule has 0 aliphatic heterocycles. The minimum Gasteiger partial charge on any atom is -0.493 e. The van der Waals surface area contributed by atoms with E-state index in [1.165, 1.54) is 11.0 Å². The number of benzene rings is 3. The Hall–Kier alpha value is -4.23. The van der Waals surface area contributed by atoms with Crippen molar-refractivity contribution < 1.29 is 19.4 Å². The summed E-state index contributed by atoms with van der Waals surface area (Å²) in [5, 5.41) is 14.0. The van der Waals surface area contributed by atoms with Crippen molar-refractivity contribution in [2.24, 2.45) is 0 Å². The van der Waals surface area contributed by atoms with Crippen molar-refractivity contribution in [2.75, 3.05) is 6.61 Å². The number of aryl methyl sites for hydroxylation is 1. The van der Waals surface area contributed by atoms with Crippen molar-refractivity contribution in [1.29, 1.82) is 0 Å². The number of ether oxygens (including phenoxy) is 1. The fraction of sp³-hybridized carbons (Fsp3) is 0.194. The Morgan fingerprint density at radius 1 is 1.00 bits per heavy atom. The summed E-state index contributed by atoms with van der Waals surface area (Å²) in [7, 11) is 0. The van der Waals surface area contributed by atoms with E-state index in [0.29, 0.717) is 35.6 Å². The van der Waals surface area contributed by atoms with E-state index in [0.717, 1.165) is 16.3 Å². The van der Waals surface area contributed by atoms with Gasteiger partial charge in [0.1, 0.15) is 10.8 Å². The van der Waals surface area contributed by atoms with Crippen molar-refractivity contribution in [2.45, 2.75) is 32.7 Å². The summed E-state index contributed by atoms with van der Waals surface area (Å²) < 4.78 is 5.93. The normalized spacial score (nSPS) is 13.0. The first-order valence-corrected chi connectivity index (χ1v) is 13.1. The quantitative estimate of drug-likeness (QED) is 0.173. The molecule has 7 heteroatoms. The zero-order valence-corrected chi connectivity index (χ0v) is 22.4. The highest BCUT2D eigenvalue weighted by Gasteiger charge is 2.35. The molecule has 0 amide bonds. The molecule has 4 aromatic rings. The van der Waals surface area contributed by atoms with Crippen molar-refractivity contribution in [1.82, 2.24) is 10.3 Å². The Labute approximate surface area is 226 Å². The van der Waals surface area contributed by atoms with Crippen LogP contribution in [0, 0.1) is 6.92 Å². The first-order valence-electron chi connectivity index (χ1n) is 12.3. The lowest BCUT2D eigenvalue weighted by atomic mass is 9.91. The minimum atomic E-state index is -1.43. The Morgan fingerprint density at radius 2 is 1.63 bits per heavy atom. The fourth-order valence-electron chi connectivity index (χ4n) is 4.08. The zero-order valence-electron chi connectivity index (χ0n) is 21.6. The van der Waals surface area contributed by atoms with Gasteiger partial charge in [-0.25, -0.2) is 9.78 Å². The number of hydrogen-bond donors (Lipinski definition) is 2. The number of carboxylic acids is 1. The molecule has 1 atom stereocenters. The minimum absolute atomic E-state index is 0.196. The third-order valence-corrected chi connectivity index (χ3v) is 7.30. The monoisotopic (exact) mass is 526 g/mol. The molecule has 0 spiro atoms. The highest BCUT2D eigenvalue weighted by Crippen LogP contribution is 2.28. The van der Waals surface area contributed by atoms with Crippen LogP contribution in [-0.2, 0) is 16.8 Å². The summed E-state index contributed by atoms with van der Waals surface area (Å²) in [5.41, 5.74) is 2.23. The SMILES string of the molecule is CC(=CC(=O)c1ccccc1)N[C@](C)(C(=O)O)c1ccc(OCCc2nc(-c3ccccc3)sc2C)cc1. The molecule has 0 saturated heterocycles. The van der Waals surface area contributed by atoms with Gasteiger partial charge >= 0.3 is 5.97 Å². The van der Waals surface area contributed by atoms with Gasteiger partial charge < -0.3 is 15.2 Å². The lowest BCUT2D eigenvalue weighted by Crippen LogP contribution is -2.45. The third-order valence-electron chi connectivity index (χ3n) is 6.23. The topological polar surface area (TPSA) is 88.5 Å². The van der Waals surface area contributed by atoms with E-state index in [9.17, 15) is 14.7 Å². The number of hydrogen-bond acceptors (Lipinski definition) is 6. The fourth-order valence-corrected chi connectivity index (χ4v) is 5.04. The Kier molecular flexibility index (Phi) is 8.38. The van der Waals surface area contributed by atoms with Crippen molar-refractivity contribution in [3.63, 3.8) is 0 Å². The van der Waals surface area contributed by atoms with Gasteiger partial charge in [0, 0.05) is 34.2 Å². The van der Waals surface area contributed by atoms with E-state index < -0.39 is 11.5 Å². The van der Waals surface area contributed by atoms with E-state index in [1.807, 2.05) is 24.3 Å². The smallest absolute Gasteiger partial charge is 0.333 e. The molecule has 38 heavy (non-hydrogen) atoms. The lowest BCUT2D eigenvalue weighted by Gasteiger charge is -2.28. The maximum absolute atomic E-state index is 12.5.